The van der Waals surface area contributed by atoms with Crippen molar-refractivity contribution in [1.29, 1.82) is 0 Å². The molecule has 8 nitrogen and oxygen atoms in total. The van der Waals surface area contributed by atoms with E-state index < -0.39 is 12.3 Å². The molecule has 0 saturated heterocycles. The molecular formula is C26H17F2N3O5. The van der Waals surface area contributed by atoms with Crippen LogP contribution in [0, 0.1) is 0 Å². The van der Waals surface area contributed by atoms with E-state index in [1.807, 2.05) is 17.0 Å². The number of hydrogen-bond acceptors (Lipinski definition) is 7. The summed E-state index contributed by atoms with van der Waals surface area (Å²) in [5, 5.41) is 9.43. The number of halogens is 2. The van der Waals surface area contributed by atoms with Crippen molar-refractivity contribution in [3.63, 3.8) is 0 Å². The summed E-state index contributed by atoms with van der Waals surface area (Å²) in [5.41, 5.74) is 4.11. The number of carbonyl (C=O) groups is 2. The lowest BCUT2D eigenvalue weighted by molar-refractivity contribution is -0.286. The maximum atomic E-state index is 13.6. The third-order valence-electron chi connectivity index (χ3n) is 6.18. The van der Waals surface area contributed by atoms with Gasteiger partial charge in [0.1, 0.15) is 12.0 Å². The Labute approximate surface area is 202 Å². The molecule has 6 rings (SSSR count). The number of aromatic carboxylic acids is 1. The SMILES string of the molecule is O=Cc1ccc2c(c1)CCCN2c1nc2cc(C(=O)O)ccc2nc1-c1ccc2c(c1)OC(F)(F)O2. The lowest BCUT2D eigenvalue weighted by Crippen LogP contribution is -2.26. The van der Waals surface area contributed by atoms with Crippen molar-refractivity contribution in [2.45, 2.75) is 19.1 Å². The molecule has 1 N–H and O–H groups in total. The monoisotopic (exact) mass is 489 g/mol. The van der Waals surface area contributed by atoms with Crippen molar-refractivity contribution in [1.82, 2.24) is 9.97 Å². The largest absolute Gasteiger partial charge is 0.586 e. The number of ether oxygens (including phenoxy) is 2. The van der Waals surface area contributed by atoms with Crippen molar-refractivity contribution in [2.75, 3.05) is 11.4 Å². The quantitative estimate of drug-likeness (QED) is 0.390. The Bertz CT molecular complexity index is 1570. The van der Waals surface area contributed by atoms with Gasteiger partial charge in [-0.2, -0.15) is 0 Å². The van der Waals surface area contributed by atoms with E-state index in [0.717, 1.165) is 30.4 Å². The van der Waals surface area contributed by atoms with Gasteiger partial charge in [0.2, 0.25) is 0 Å². The number of aromatic nitrogens is 2. The van der Waals surface area contributed by atoms with Crippen LogP contribution in [0.25, 0.3) is 22.3 Å². The van der Waals surface area contributed by atoms with Gasteiger partial charge in [0, 0.05) is 23.4 Å². The summed E-state index contributed by atoms with van der Waals surface area (Å²) in [6.07, 6.45) is -1.42. The molecule has 10 heteroatoms. The van der Waals surface area contributed by atoms with E-state index in [9.17, 15) is 23.5 Å². The zero-order chi connectivity index (χ0) is 25.0. The number of carboxylic acids is 1. The van der Waals surface area contributed by atoms with Gasteiger partial charge < -0.3 is 19.5 Å². The van der Waals surface area contributed by atoms with Gasteiger partial charge >= 0.3 is 12.3 Å². The van der Waals surface area contributed by atoms with E-state index in [1.54, 1.807) is 18.2 Å². The van der Waals surface area contributed by atoms with Crippen LogP contribution in [0.5, 0.6) is 11.5 Å². The van der Waals surface area contributed by atoms with E-state index in [1.165, 1.54) is 24.3 Å². The molecule has 36 heavy (non-hydrogen) atoms. The highest BCUT2D eigenvalue weighted by Crippen LogP contribution is 2.45. The molecule has 0 atom stereocenters. The number of aryl methyl sites for hydroxylation is 1. The number of alkyl halides is 2. The average molecular weight is 489 g/mol. The molecule has 0 aliphatic carbocycles. The summed E-state index contributed by atoms with van der Waals surface area (Å²) in [7, 11) is 0. The molecule has 0 fully saturated rings. The molecule has 3 heterocycles. The number of benzene rings is 3. The molecule has 3 aromatic carbocycles. The molecule has 1 aromatic heterocycles. The fraction of sp³-hybridized carbons (Fsp3) is 0.154. The Morgan fingerprint density at radius 1 is 1.00 bits per heavy atom. The third-order valence-corrected chi connectivity index (χ3v) is 6.18. The Kier molecular flexibility index (Phi) is 4.85. The predicted molar refractivity (Wildman–Crippen MR) is 125 cm³/mol. The Balaban J connectivity index is 1.56. The summed E-state index contributed by atoms with van der Waals surface area (Å²) in [4.78, 5) is 34.3. The molecule has 4 aromatic rings. The highest BCUT2D eigenvalue weighted by atomic mass is 19.3. The van der Waals surface area contributed by atoms with Gasteiger partial charge in [-0.1, -0.05) is 0 Å². The van der Waals surface area contributed by atoms with Crippen molar-refractivity contribution >= 4 is 34.8 Å². The van der Waals surface area contributed by atoms with Crippen LogP contribution in [0.15, 0.2) is 54.6 Å². The summed E-state index contributed by atoms with van der Waals surface area (Å²) in [6, 6.07) is 14.2. The average Bonchev–Trinajstić information content (AvgIpc) is 3.19. The summed E-state index contributed by atoms with van der Waals surface area (Å²) in [5.74, 6) is -0.877. The van der Waals surface area contributed by atoms with E-state index >= 15 is 0 Å². The second-order valence-corrected chi connectivity index (χ2v) is 8.49. The number of carboxylic acid groups (broad SMARTS) is 1. The van der Waals surface area contributed by atoms with E-state index in [4.69, 9.17) is 9.97 Å². The second-order valence-electron chi connectivity index (χ2n) is 8.49. The van der Waals surface area contributed by atoms with Gasteiger partial charge in [-0.3, -0.25) is 4.79 Å². The Morgan fingerprint density at radius 2 is 1.83 bits per heavy atom. The number of carbonyl (C=O) groups excluding carboxylic acids is 1. The van der Waals surface area contributed by atoms with Gasteiger partial charge in [-0.05, 0) is 73.0 Å². The smallest absolute Gasteiger partial charge is 0.478 e. The maximum Gasteiger partial charge on any atom is 0.586 e. The van der Waals surface area contributed by atoms with Crippen molar-refractivity contribution in [3.8, 4) is 22.8 Å². The number of anilines is 2. The van der Waals surface area contributed by atoms with Crippen LogP contribution in [0.1, 0.15) is 32.7 Å². The van der Waals surface area contributed by atoms with Gasteiger partial charge in [-0.25, -0.2) is 14.8 Å². The third kappa shape index (κ3) is 3.67. The van der Waals surface area contributed by atoms with Gasteiger partial charge in [0.05, 0.1) is 16.6 Å². The number of aldehydes is 1. The second kappa shape index (κ2) is 7.98. The maximum absolute atomic E-state index is 13.6. The fourth-order valence-corrected chi connectivity index (χ4v) is 4.57. The predicted octanol–water partition coefficient (Wildman–Crippen LogP) is 5.21. The van der Waals surface area contributed by atoms with Crippen LogP contribution in [0.2, 0.25) is 0 Å². The highest BCUT2D eigenvalue weighted by molar-refractivity contribution is 5.94. The van der Waals surface area contributed by atoms with Crippen LogP contribution in [0.4, 0.5) is 20.3 Å². The molecular weight excluding hydrogens is 472 g/mol. The van der Waals surface area contributed by atoms with Crippen LogP contribution in [-0.4, -0.2) is 40.2 Å². The Morgan fingerprint density at radius 3 is 2.64 bits per heavy atom. The van der Waals surface area contributed by atoms with Crippen LogP contribution in [0.3, 0.4) is 0 Å². The summed E-state index contributed by atoms with van der Waals surface area (Å²) in [6.45, 7) is 0.585. The molecule has 0 radical (unpaired) electrons. The number of rotatable bonds is 4. The molecule has 0 spiro atoms. The highest BCUT2D eigenvalue weighted by Gasteiger charge is 2.43. The van der Waals surface area contributed by atoms with Gasteiger partial charge in [0.25, 0.3) is 0 Å². The van der Waals surface area contributed by atoms with E-state index in [2.05, 4.69) is 9.47 Å². The van der Waals surface area contributed by atoms with Gasteiger partial charge in [-0.15, -0.1) is 8.78 Å². The van der Waals surface area contributed by atoms with Crippen LogP contribution >= 0.6 is 0 Å². The normalized spacial score (nSPS) is 15.6. The van der Waals surface area contributed by atoms with Gasteiger partial charge in [0.15, 0.2) is 17.3 Å². The summed E-state index contributed by atoms with van der Waals surface area (Å²) >= 11 is 0. The summed E-state index contributed by atoms with van der Waals surface area (Å²) < 4.78 is 36.4. The zero-order valence-electron chi connectivity index (χ0n) is 18.6. The first-order valence-corrected chi connectivity index (χ1v) is 11.1. The topological polar surface area (TPSA) is 102 Å². The Hall–Kier alpha value is -4.60. The van der Waals surface area contributed by atoms with Crippen molar-refractivity contribution < 1.29 is 33.0 Å². The molecule has 0 saturated carbocycles. The lowest BCUT2D eigenvalue weighted by atomic mass is 9.98. The van der Waals surface area contributed by atoms with E-state index in [-0.39, 0.29) is 17.1 Å². The van der Waals surface area contributed by atoms with E-state index in [0.29, 0.717) is 40.2 Å². The molecule has 2 aliphatic heterocycles. The first kappa shape index (κ1) is 21.9. The molecule has 0 bridgehead atoms. The van der Waals surface area contributed by atoms with Crippen LogP contribution < -0.4 is 14.4 Å². The lowest BCUT2D eigenvalue weighted by Gasteiger charge is -2.32. The minimum Gasteiger partial charge on any atom is -0.478 e. The molecule has 0 amide bonds. The number of nitrogens with zero attached hydrogens (tertiary/aromatic N) is 3. The zero-order valence-corrected chi connectivity index (χ0v) is 18.6. The molecule has 180 valence electrons. The minimum absolute atomic E-state index is 0.0653. The standard InChI is InChI=1S/C26H17F2N3O5/c27-26(28)35-21-8-5-16(12-22(21)36-26)23-24(30-19-11-17(25(33)34)4-6-18(19)29-23)31-9-1-2-15-10-14(13-32)3-7-20(15)31/h3-8,10-13H,1-2,9H2,(H,33,34). The first-order valence-electron chi connectivity index (χ1n) is 11.1. The van der Waals surface area contributed by atoms with Crippen molar-refractivity contribution in [3.05, 3.63) is 71.3 Å². The first-order chi connectivity index (χ1) is 17.3. The molecule has 2 aliphatic rings. The number of fused-ring (bicyclic) bond motifs is 3. The van der Waals surface area contributed by atoms with Crippen molar-refractivity contribution in [2.24, 2.45) is 0 Å². The molecule has 0 unspecified atom stereocenters. The van der Waals surface area contributed by atoms with Crippen LogP contribution in [-0.2, 0) is 6.42 Å². The minimum atomic E-state index is -3.76. The fourth-order valence-electron chi connectivity index (χ4n) is 4.57. The number of hydrogen-bond donors (Lipinski definition) is 1.